The average molecular weight is 353 g/mol. The monoisotopic (exact) mass is 351 g/mol. The standard InChI is InChI=1S/C10H11Br2NOS/c1-10(3-2-4-10)13-9(14)6-5-7(11)15-8(6)12/h5H,2-4H2,1H3,(H,13,14). The van der Waals surface area contributed by atoms with Gasteiger partial charge in [0.1, 0.15) is 0 Å². The van der Waals surface area contributed by atoms with Gasteiger partial charge >= 0.3 is 0 Å². The van der Waals surface area contributed by atoms with Crippen LogP contribution in [-0.4, -0.2) is 11.4 Å². The number of thiophene rings is 1. The van der Waals surface area contributed by atoms with Crippen molar-refractivity contribution in [3.63, 3.8) is 0 Å². The Morgan fingerprint density at radius 1 is 1.53 bits per heavy atom. The van der Waals surface area contributed by atoms with Gasteiger partial charge in [0.05, 0.1) is 13.1 Å². The predicted octanol–water partition coefficient (Wildman–Crippen LogP) is 3.95. The summed E-state index contributed by atoms with van der Waals surface area (Å²) in [6.45, 7) is 2.10. The van der Waals surface area contributed by atoms with Crippen molar-refractivity contribution < 1.29 is 4.79 Å². The highest BCUT2D eigenvalue weighted by Gasteiger charge is 2.33. The van der Waals surface area contributed by atoms with Crippen molar-refractivity contribution >= 4 is 49.1 Å². The summed E-state index contributed by atoms with van der Waals surface area (Å²) in [5, 5.41) is 3.08. The number of hydrogen-bond acceptors (Lipinski definition) is 2. The van der Waals surface area contributed by atoms with Crippen molar-refractivity contribution in [3.8, 4) is 0 Å². The number of amides is 1. The molecule has 0 unspecified atom stereocenters. The average Bonchev–Trinajstić information content (AvgIpc) is 2.42. The van der Waals surface area contributed by atoms with Gasteiger partial charge in [0.25, 0.3) is 5.91 Å². The lowest BCUT2D eigenvalue weighted by Gasteiger charge is -2.39. The Morgan fingerprint density at radius 2 is 2.20 bits per heavy atom. The lowest BCUT2D eigenvalue weighted by atomic mass is 9.78. The summed E-state index contributed by atoms with van der Waals surface area (Å²) < 4.78 is 1.85. The Kier molecular flexibility index (Phi) is 3.24. The van der Waals surface area contributed by atoms with Crippen LogP contribution >= 0.6 is 43.2 Å². The van der Waals surface area contributed by atoms with E-state index in [4.69, 9.17) is 0 Å². The number of nitrogens with one attached hydrogen (secondary N) is 1. The summed E-state index contributed by atoms with van der Waals surface area (Å²) in [5.74, 6) is 0.0195. The smallest absolute Gasteiger partial charge is 0.253 e. The van der Waals surface area contributed by atoms with Gasteiger partial charge in [0.15, 0.2) is 0 Å². The van der Waals surface area contributed by atoms with E-state index in [1.54, 1.807) is 0 Å². The number of halogens is 2. The minimum absolute atomic E-state index is 0.0188. The molecule has 1 heterocycles. The maximum absolute atomic E-state index is 11.9. The molecular weight excluding hydrogens is 342 g/mol. The third kappa shape index (κ3) is 2.45. The zero-order chi connectivity index (χ0) is 11.1. The topological polar surface area (TPSA) is 29.1 Å². The normalized spacial score (nSPS) is 18.3. The predicted molar refractivity (Wildman–Crippen MR) is 69.4 cm³/mol. The lowest BCUT2D eigenvalue weighted by molar-refractivity contribution is 0.0850. The quantitative estimate of drug-likeness (QED) is 0.857. The maximum atomic E-state index is 11.9. The maximum Gasteiger partial charge on any atom is 0.253 e. The first-order valence-electron chi connectivity index (χ1n) is 4.77. The van der Waals surface area contributed by atoms with Crippen molar-refractivity contribution in [2.75, 3.05) is 0 Å². The van der Waals surface area contributed by atoms with Gasteiger partial charge in [0.2, 0.25) is 0 Å². The summed E-state index contributed by atoms with van der Waals surface area (Å²) in [4.78, 5) is 11.9. The molecule has 0 aliphatic heterocycles. The Morgan fingerprint density at radius 3 is 2.60 bits per heavy atom. The van der Waals surface area contributed by atoms with E-state index < -0.39 is 0 Å². The van der Waals surface area contributed by atoms with Gasteiger partial charge in [-0.25, -0.2) is 0 Å². The number of carbonyl (C=O) groups excluding carboxylic acids is 1. The highest BCUT2D eigenvalue weighted by atomic mass is 79.9. The molecule has 0 radical (unpaired) electrons. The highest BCUT2D eigenvalue weighted by Crippen LogP contribution is 2.34. The van der Waals surface area contributed by atoms with E-state index in [-0.39, 0.29) is 11.4 Å². The molecule has 0 atom stereocenters. The van der Waals surface area contributed by atoms with Gasteiger partial charge < -0.3 is 5.32 Å². The van der Waals surface area contributed by atoms with Crippen molar-refractivity contribution in [2.45, 2.75) is 31.7 Å². The molecule has 0 spiro atoms. The van der Waals surface area contributed by atoms with E-state index >= 15 is 0 Å². The molecule has 0 aromatic carbocycles. The zero-order valence-electron chi connectivity index (χ0n) is 8.27. The van der Waals surface area contributed by atoms with Gasteiger partial charge in [0, 0.05) is 5.54 Å². The van der Waals surface area contributed by atoms with Crippen molar-refractivity contribution in [3.05, 3.63) is 19.2 Å². The van der Waals surface area contributed by atoms with E-state index in [0.717, 1.165) is 26.0 Å². The second-order valence-electron chi connectivity index (χ2n) is 4.11. The SMILES string of the molecule is CC1(NC(=O)c2cc(Br)sc2Br)CCC1. The first-order chi connectivity index (χ1) is 7.00. The van der Waals surface area contributed by atoms with Crippen LogP contribution < -0.4 is 5.32 Å². The molecule has 1 amide bonds. The number of hydrogen-bond donors (Lipinski definition) is 1. The highest BCUT2D eigenvalue weighted by molar-refractivity contribution is 9.12. The molecule has 0 saturated heterocycles. The summed E-state index contributed by atoms with van der Waals surface area (Å²) >= 11 is 8.29. The van der Waals surface area contributed by atoms with Crippen LogP contribution in [0.4, 0.5) is 0 Å². The Hall–Kier alpha value is 0.130. The molecule has 1 saturated carbocycles. The van der Waals surface area contributed by atoms with Crippen LogP contribution in [0.3, 0.4) is 0 Å². The minimum Gasteiger partial charge on any atom is -0.347 e. The largest absolute Gasteiger partial charge is 0.347 e. The van der Waals surface area contributed by atoms with E-state index in [2.05, 4.69) is 44.1 Å². The van der Waals surface area contributed by atoms with E-state index in [1.165, 1.54) is 17.8 Å². The fourth-order valence-corrected chi connectivity index (χ4v) is 4.46. The fraction of sp³-hybridized carbons (Fsp3) is 0.500. The second-order valence-corrected chi connectivity index (χ2v) is 7.86. The van der Waals surface area contributed by atoms with E-state index in [9.17, 15) is 4.79 Å². The first-order valence-corrected chi connectivity index (χ1v) is 7.18. The van der Waals surface area contributed by atoms with Gasteiger partial charge in [-0.2, -0.15) is 0 Å². The van der Waals surface area contributed by atoms with Crippen LogP contribution in [0.2, 0.25) is 0 Å². The van der Waals surface area contributed by atoms with Crippen LogP contribution in [-0.2, 0) is 0 Å². The molecule has 1 aliphatic carbocycles. The molecule has 1 aromatic heterocycles. The molecule has 5 heteroatoms. The van der Waals surface area contributed by atoms with Crippen molar-refractivity contribution in [2.24, 2.45) is 0 Å². The van der Waals surface area contributed by atoms with Crippen molar-refractivity contribution in [1.82, 2.24) is 5.32 Å². The van der Waals surface area contributed by atoms with E-state index in [1.807, 2.05) is 6.07 Å². The minimum atomic E-state index is 0.0188. The van der Waals surface area contributed by atoms with E-state index in [0.29, 0.717) is 0 Å². The van der Waals surface area contributed by atoms with Crippen LogP contribution in [0.1, 0.15) is 36.5 Å². The lowest BCUT2D eigenvalue weighted by Crippen LogP contribution is -2.50. The number of carbonyl (C=O) groups is 1. The third-order valence-corrected chi connectivity index (χ3v) is 5.11. The molecule has 2 rings (SSSR count). The molecule has 0 bridgehead atoms. The van der Waals surface area contributed by atoms with Crippen LogP contribution in [0, 0.1) is 0 Å². The summed E-state index contributed by atoms with van der Waals surface area (Å²) in [6.07, 6.45) is 3.38. The van der Waals surface area contributed by atoms with Gasteiger partial charge in [-0.1, -0.05) is 0 Å². The van der Waals surface area contributed by atoms with Gasteiger partial charge in [-0.05, 0) is 64.1 Å². The molecule has 1 fully saturated rings. The second kappa shape index (κ2) is 4.18. The third-order valence-electron chi connectivity index (χ3n) is 2.77. The summed E-state index contributed by atoms with van der Waals surface area (Å²) in [7, 11) is 0. The first kappa shape index (κ1) is 11.6. The van der Waals surface area contributed by atoms with Crippen molar-refractivity contribution in [1.29, 1.82) is 0 Å². The van der Waals surface area contributed by atoms with Gasteiger partial charge in [-0.15, -0.1) is 11.3 Å². The van der Waals surface area contributed by atoms with Crippen LogP contribution in [0.5, 0.6) is 0 Å². The van der Waals surface area contributed by atoms with Crippen LogP contribution in [0.15, 0.2) is 13.6 Å². The van der Waals surface area contributed by atoms with Gasteiger partial charge in [-0.3, -0.25) is 4.79 Å². The zero-order valence-corrected chi connectivity index (χ0v) is 12.3. The molecule has 82 valence electrons. The molecule has 15 heavy (non-hydrogen) atoms. The summed E-state index contributed by atoms with van der Waals surface area (Å²) in [6, 6.07) is 1.85. The van der Waals surface area contributed by atoms with Crippen LogP contribution in [0.25, 0.3) is 0 Å². The Bertz CT molecular complexity index is 398. The molecule has 1 N–H and O–H groups in total. The molecule has 1 aromatic rings. The molecule has 2 nitrogen and oxygen atoms in total. The Balaban J connectivity index is 2.11. The molecule has 1 aliphatic rings. The molecular formula is C10H11Br2NOS. The summed E-state index contributed by atoms with van der Waals surface area (Å²) in [5.41, 5.74) is 0.741. The Labute approximate surface area is 110 Å². The fourth-order valence-electron chi connectivity index (χ4n) is 1.67. The number of rotatable bonds is 2.